The Bertz CT molecular complexity index is 1310. The Hall–Kier alpha value is -3.68. The highest BCUT2D eigenvalue weighted by Crippen LogP contribution is 2.40. The van der Waals surface area contributed by atoms with Crippen molar-refractivity contribution in [1.82, 2.24) is 4.98 Å². The van der Waals surface area contributed by atoms with Crippen LogP contribution in [0.15, 0.2) is 102 Å². The lowest BCUT2D eigenvalue weighted by Gasteiger charge is -2.36. The van der Waals surface area contributed by atoms with Crippen LogP contribution in [0.5, 0.6) is 0 Å². The van der Waals surface area contributed by atoms with Gasteiger partial charge in [-0.3, -0.25) is 0 Å². The van der Waals surface area contributed by atoms with Gasteiger partial charge in [-0.2, -0.15) is 0 Å². The monoisotopic (exact) mass is 573 g/mol. The lowest BCUT2D eigenvalue weighted by molar-refractivity contribution is -0.135. The number of halogens is 1. The molecule has 0 amide bonds. The molecule has 1 N–H and O–H groups in total. The molecule has 0 spiro atoms. The molecule has 4 aromatic rings. The molecule has 3 aromatic carbocycles. The molecule has 0 unspecified atom stereocenters. The van der Waals surface area contributed by atoms with Gasteiger partial charge < -0.3 is 14.9 Å². The van der Waals surface area contributed by atoms with E-state index < -0.39 is 11.5 Å². The zero-order valence-electron chi connectivity index (χ0n) is 22.3. The van der Waals surface area contributed by atoms with Crippen molar-refractivity contribution in [2.75, 3.05) is 11.9 Å². The lowest BCUT2D eigenvalue weighted by atomic mass is 9.77. The van der Waals surface area contributed by atoms with E-state index >= 15 is 0 Å². The first-order chi connectivity index (χ1) is 19.6. The zero-order chi connectivity index (χ0) is 27.8. The normalized spacial score (nSPS) is 17.7. The number of hydrogen-bond donors (Lipinski definition) is 1. The Kier molecular flexibility index (Phi) is 9.14. The molecule has 1 aliphatic carbocycles. The Labute approximate surface area is 244 Å². The summed E-state index contributed by atoms with van der Waals surface area (Å²) in [7, 11) is 0. The number of oxime groups is 1. The molecule has 8 heteroatoms. The van der Waals surface area contributed by atoms with Crippen LogP contribution in [0.1, 0.15) is 55.0 Å². The predicted molar refractivity (Wildman–Crippen MR) is 161 cm³/mol. The third-order valence-electron chi connectivity index (χ3n) is 7.03. The van der Waals surface area contributed by atoms with Gasteiger partial charge in [-0.15, -0.1) is 22.9 Å². The summed E-state index contributed by atoms with van der Waals surface area (Å²) in [6, 6.07) is 30.9. The summed E-state index contributed by atoms with van der Waals surface area (Å²) in [5, 5.41) is 10.6. The van der Waals surface area contributed by atoms with Crippen LogP contribution in [0.2, 0.25) is 0 Å². The van der Waals surface area contributed by atoms with Crippen molar-refractivity contribution in [2.24, 2.45) is 5.16 Å². The number of anilines is 1. The van der Waals surface area contributed by atoms with Gasteiger partial charge in [0.15, 0.2) is 5.13 Å². The largest absolute Gasteiger partial charge is 0.461 e. The number of rotatable bonds is 10. The minimum Gasteiger partial charge on any atom is -0.461 e. The molecular formula is C32H32ClN3O3S. The average molecular weight is 574 g/mol. The molecule has 0 aliphatic heterocycles. The van der Waals surface area contributed by atoms with E-state index in [1.54, 1.807) is 6.92 Å². The number of benzene rings is 3. The van der Waals surface area contributed by atoms with Crippen molar-refractivity contribution in [3.8, 4) is 0 Å². The van der Waals surface area contributed by atoms with Crippen molar-refractivity contribution in [1.29, 1.82) is 0 Å². The second-order valence-corrected chi connectivity index (χ2v) is 11.1. The van der Waals surface area contributed by atoms with Crippen LogP contribution >= 0.6 is 22.9 Å². The molecule has 0 bridgehead atoms. The summed E-state index contributed by atoms with van der Waals surface area (Å²) < 4.78 is 5.31. The Morgan fingerprint density at radius 1 is 0.925 bits per heavy atom. The van der Waals surface area contributed by atoms with Crippen LogP contribution < -0.4 is 5.32 Å². The molecule has 1 fully saturated rings. The van der Waals surface area contributed by atoms with E-state index in [0.717, 1.165) is 42.4 Å². The van der Waals surface area contributed by atoms with Gasteiger partial charge in [-0.05, 0) is 49.3 Å². The molecule has 6 nitrogen and oxygen atoms in total. The highest BCUT2D eigenvalue weighted by molar-refractivity contribution is 7.14. The predicted octanol–water partition coefficient (Wildman–Crippen LogP) is 7.38. The average Bonchev–Trinajstić information content (AvgIpc) is 3.46. The van der Waals surface area contributed by atoms with Gasteiger partial charge in [0.05, 0.1) is 6.61 Å². The highest BCUT2D eigenvalue weighted by Gasteiger charge is 2.37. The van der Waals surface area contributed by atoms with Crippen LogP contribution in [-0.2, 0) is 19.9 Å². The molecular weight excluding hydrogens is 542 g/mol. The number of ether oxygens (including phenoxy) is 1. The van der Waals surface area contributed by atoms with Crippen LogP contribution in [-0.4, -0.2) is 34.8 Å². The third kappa shape index (κ3) is 6.21. The van der Waals surface area contributed by atoms with Gasteiger partial charge in [0.1, 0.15) is 17.3 Å². The summed E-state index contributed by atoms with van der Waals surface area (Å²) in [6.45, 7) is 1.99. The van der Waals surface area contributed by atoms with Crippen molar-refractivity contribution in [2.45, 2.75) is 49.6 Å². The zero-order valence-corrected chi connectivity index (χ0v) is 23.9. The summed E-state index contributed by atoms with van der Waals surface area (Å²) in [4.78, 5) is 23.5. The molecule has 1 saturated carbocycles. The highest BCUT2D eigenvalue weighted by atomic mass is 35.5. The van der Waals surface area contributed by atoms with Gasteiger partial charge >= 0.3 is 5.97 Å². The molecule has 1 aromatic heterocycles. The summed E-state index contributed by atoms with van der Waals surface area (Å²) in [6.07, 6.45) is 3.23. The van der Waals surface area contributed by atoms with Crippen LogP contribution in [0.4, 0.5) is 5.13 Å². The van der Waals surface area contributed by atoms with Gasteiger partial charge in [0.2, 0.25) is 5.71 Å². The first kappa shape index (κ1) is 27.9. The Balaban J connectivity index is 1.53. The minimum atomic E-state index is -0.739. The first-order valence-electron chi connectivity index (χ1n) is 13.6. The Morgan fingerprint density at radius 2 is 1.45 bits per heavy atom. The lowest BCUT2D eigenvalue weighted by Crippen LogP contribution is -2.38. The number of alkyl halides is 1. The van der Waals surface area contributed by atoms with Crippen molar-refractivity contribution in [3.05, 3.63) is 119 Å². The van der Waals surface area contributed by atoms with E-state index in [-0.39, 0.29) is 23.8 Å². The topological polar surface area (TPSA) is 72.8 Å². The maximum atomic E-state index is 12.9. The molecule has 206 valence electrons. The van der Waals surface area contributed by atoms with E-state index in [0.29, 0.717) is 10.8 Å². The molecule has 0 atom stereocenters. The molecule has 5 rings (SSSR count). The molecule has 1 heterocycles. The van der Waals surface area contributed by atoms with Crippen LogP contribution in [0, 0.1) is 0 Å². The number of carbonyl (C=O) groups excluding carboxylic acids is 1. The maximum Gasteiger partial charge on any atom is 0.362 e. The van der Waals surface area contributed by atoms with Crippen molar-refractivity contribution >= 4 is 39.8 Å². The fourth-order valence-electron chi connectivity index (χ4n) is 5.02. The van der Waals surface area contributed by atoms with Crippen molar-refractivity contribution in [3.63, 3.8) is 0 Å². The van der Waals surface area contributed by atoms with E-state index in [1.807, 2.05) is 60.0 Å². The van der Waals surface area contributed by atoms with Crippen LogP contribution in [0.25, 0.3) is 0 Å². The minimum absolute atomic E-state index is 0.0591. The fourth-order valence-corrected chi connectivity index (χ4v) is 6.03. The van der Waals surface area contributed by atoms with Gasteiger partial charge in [0, 0.05) is 10.8 Å². The standard InChI is InChI=1S/C32H32ClN3O3S/c1-2-38-30(37)29(36-39-27-20-18-26(33)19-21-27)28-22-40-31(34-28)35-32(23-12-6-3-7-13-23,24-14-8-4-9-15-24)25-16-10-5-11-17-25/h3-17,22,26-27H,2,18-21H2,1H3,(H,34,35)/b36-29-/t26-,27+. The number of carbonyl (C=O) groups is 1. The summed E-state index contributed by atoms with van der Waals surface area (Å²) in [5.41, 5.74) is 2.89. The van der Waals surface area contributed by atoms with E-state index in [4.69, 9.17) is 26.2 Å². The maximum absolute atomic E-state index is 12.9. The molecule has 1 aliphatic rings. The fraction of sp³-hybridized carbons (Fsp3) is 0.281. The summed E-state index contributed by atoms with van der Waals surface area (Å²) in [5.74, 6) is -0.564. The number of esters is 1. The number of nitrogens with one attached hydrogen (secondary N) is 1. The number of aromatic nitrogens is 1. The number of nitrogens with zero attached hydrogens (tertiary/aromatic N) is 2. The SMILES string of the molecule is CCOC(=O)/C(=N\O[C@H]1CC[C@@H](Cl)CC1)c1csc(NC(c2ccccc2)(c2ccccc2)c2ccccc2)n1. The molecule has 40 heavy (non-hydrogen) atoms. The van der Waals surface area contributed by atoms with Crippen LogP contribution in [0.3, 0.4) is 0 Å². The number of hydrogen-bond acceptors (Lipinski definition) is 7. The van der Waals surface area contributed by atoms with E-state index in [2.05, 4.69) is 46.9 Å². The Morgan fingerprint density at radius 3 is 1.95 bits per heavy atom. The van der Waals surface area contributed by atoms with Crippen molar-refractivity contribution < 1.29 is 14.4 Å². The quantitative estimate of drug-likeness (QED) is 0.0704. The smallest absolute Gasteiger partial charge is 0.362 e. The summed E-state index contributed by atoms with van der Waals surface area (Å²) >= 11 is 7.64. The first-order valence-corrected chi connectivity index (χ1v) is 14.9. The van der Waals surface area contributed by atoms with Gasteiger partial charge in [-0.25, -0.2) is 9.78 Å². The van der Waals surface area contributed by atoms with Gasteiger partial charge in [-0.1, -0.05) is 96.2 Å². The molecule has 0 saturated heterocycles. The molecule has 0 radical (unpaired) electrons. The second-order valence-electron chi connectivity index (χ2n) is 9.65. The van der Waals surface area contributed by atoms with Gasteiger partial charge in [0.25, 0.3) is 0 Å². The number of thiazole rings is 1. The van der Waals surface area contributed by atoms with E-state index in [1.165, 1.54) is 11.3 Å². The third-order valence-corrected chi connectivity index (χ3v) is 8.22. The second kappa shape index (κ2) is 13.1. The van der Waals surface area contributed by atoms with E-state index in [9.17, 15) is 4.79 Å².